The Morgan fingerprint density at radius 2 is 1.86 bits per heavy atom. The van der Waals surface area contributed by atoms with E-state index in [4.69, 9.17) is 9.47 Å². The van der Waals surface area contributed by atoms with Gasteiger partial charge in [0.2, 0.25) is 0 Å². The third kappa shape index (κ3) is 4.15. The van der Waals surface area contributed by atoms with Crippen LogP contribution in [0.25, 0.3) is 10.2 Å². The van der Waals surface area contributed by atoms with Gasteiger partial charge >= 0.3 is 0 Å². The highest BCUT2D eigenvalue weighted by atomic mass is 32.1. The van der Waals surface area contributed by atoms with Gasteiger partial charge in [-0.1, -0.05) is 36.0 Å². The first-order valence-electron chi connectivity index (χ1n) is 9.81. The van der Waals surface area contributed by atoms with Gasteiger partial charge < -0.3 is 20.1 Å². The van der Waals surface area contributed by atoms with Crippen LogP contribution in [-0.2, 0) is 0 Å². The number of methoxy groups -OCH3 is 2. The molecule has 1 amide bonds. The molecule has 2 aromatic carbocycles. The number of thiazole rings is 1. The Balaban J connectivity index is 1.43. The Hall–Kier alpha value is -2.80. The first kappa shape index (κ1) is 19.5. The summed E-state index contributed by atoms with van der Waals surface area (Å²) in [6.45, 7) is 0.786. The van der Waals surface area contributed by atoms with E-state index < -0.39 is 0 Å². The van der Waals surface area contributed by atoms with Gasteiger partial charge in [-0.2, -0.15) is 0 Å². The second-order valence-electron chi connectivity index (χ2n) is 7.18. The lowest BCUT2D eigenvalue weighted by Gasteiger charge is -2.22. The molecular weight excluding hydrogens is 386 g/mol. The summed E-state index contributed by atoms with van der Waals surface area (Å²) in [5.41, 5.74) is 1.46. The highest BCUT2D eigenvalue weighted by Crippen LogP contribution is 2.31. The van der Waals surface area contributed by atoms with E-state index >= 15 is 0 Å². The van der Waals surface area contributed by atoms with Gasteiger partial charge in [0, 0.05) is 12.6 Å². The van der Waals surface area contributed by atoms with Gasteiger partial charge in [0.25, 0.3) is 5.91 Å². The Kier molecular flexibility index (Phi) is 5.85. The Labute approximate surface area is 174 Å². The number of carbonyl (C=O) groups excluding carboxylic acids is 1. The number of aromatic nitrogens is 1. The first-order chi connectivity index (χ1) is 14.2. The number of para-hydroxylation sites is 1. The molecule has 2 atom stereocenters. The summed E-state index contributed by atoms with van der Waals surface area (Å²) in [5, 5.41) is 7.60. The van der Waals surface area contributed by atoms with Gasteiger partial charge in [-0.05, 0) is 43.0 Å². The summed E-state index contributed by atoms with van der Waals surface area (Å²) >= 11 is 1.66. The predicted molar refractivity (Wildman–Crippen MR) is 116 cm³/mol. The van der Waals surface area contributed by atoms with Crippen LogP contribution in [0.2, 0.25) is 0 Å². The van der Waals surface area contributed by atoms with Gasteiger partial charge in [-0.25, -0.2) is 4.98 Å². The van der Waals surface area contributed by atoms with E-state index in [0.29, 0.717) is 23.0 Å². The molecule has 1 aromatic heterocycles. The monoisotopic (exact) mass is 411 g/mol. The molecule has 0 aliphatic heterocycles. The summed E-state index contributed by atoms with van der Waals surface area (Å²) in [4.78, 5) is 17.6. The molecule has 29 heavy (non-hydrogen) atoms. The van der Waals surface area contributed by atoms with Crippen molar-refractivity contribution in [2.24, 2.45) is 5.92 Å². The van der Waals surface area contributed by atoms with E-state index in [1.54, 1.807) is 37.7 Å². The molecule has 1 aliphatic carbocycles. The maximum Gasteiger partial charge on any atom is 0.259 e. The summed E-state index contributed by atoms with van der Waals surface area (Å²) in [6.07, 6.45) is 3.14. The predicted octanol–water partition coefficient (Wildman–Crippen LogP) is 4.32. The van der Waals surface area contributed by atoms with Crippen molar-refractivity contribution in [2.75, 3.05) is 26.1 Å². The van der Waals surface area contributed by atoms with Gasteiger partial charge in [0.15, 0.2) is 5.13 Å². The summed E-state index contributed by atoms with van der Waals surface area (Å²) in [6, 6.07) is 13.6. The van der Waals surface area contributed by atoms with Crippen LogP contribution in [0.5, 0.6) is 11.5 Å². The third-order valence-corrected chi connectivity index (χ3v) is 6.43. The Bertz CT molecular complexity index is 949. The Morgan fingerprint density at radius 1 is 1.10 bits per heavy atom. The molecule has 1 aliphatic rings. The highest BCUT2D eigenvalue weighted by Gasteiger charge is 2.30. The van der Waals surface area contributed by atoms with Gasteiger partial charge in [0.1, 0.15) is 17.1 Å². The van der Waals surface area contributed by atoms with Crippen molar-refractivity contribution in [2.45, 2.75) is 25.3 Å². The normalized spacial score (nSPS) is 18.6. The largest absolute Gasteiger partial charge is 0.496 e. The van der Waals surface area contributed by atoms with Crippen LogP contribution in [0.15, 0.2) is 42.5 Å². The van der Waals surface area contributed by atoms with E-state index in [2.05, 4.69) is 21.7 Å². The lowest BCUT2D eigenvalue weighted by atomic mass is 10.0. The van der Waals surface area contributed by atoms with Crippen molar-refractivity contribution in [3.05, 3.63) is 48.0 Å². The van der Waals surface area contributed by atoms with Crippen LogP contribution in [0, 0.1) is 5.92 Å². The number of ether oxygens (including phenoxy) is 2. The summed E-state index contributed by atoms with van der Waals surface area (Å²) < 4.78 is 11.9. The molecule has 0 radical (unpaired) electrons. The summed E-state index contributed by atoms with van der Waals surface area (Å²) in [7, 11) is 3.12. The van der Waals surface area contributed by atoms with Crippen molar-refractivity contribution in [3.8, 4) is 11.5 Å². The van der Waals surface area contributed by atoms with Gasteiger partial charge in [-0.3, -0.25) is 4.79 Å². The standard InChI is InChI=1S/C22H25N3O3S/c1-27-17-10-6-11-18(28-2)20(17)21(26)24-15-9-5-7-14(15)13-23-22-25-16-8-3-4-12-19(16)29-22/h3-4,6,8,10-12,14-15H,5,7,9,13H2,1-2H3,(H,23,25)(H,24,26). The minimum atomic E-state index is -0.156. The molecule has 7 heteroatoms. The topological polar surface area (TPSA) is 72.5 Å². The number of hydrogen-bond acceptors (Lipinski definition) is 6. The quantitative estimate of drug-likeness (QED) is 0.606. The van der Waals surface area contributed by atoms with Crippen molar-refractivity contribution >= 4 is 32.6 Å². The van der Waals surface area contributed by atoms with Gasteiger partial charge in [0.05, 0.1) is 24.4 Å². The number of nitrogens with zero attached hydrogens (tertiary/aromatic N) is 1. The average molecular weight is 412 g/mol. The molecule has 152 valence electrons. The number of benzene rings is 2. The zero-order valence-electron chi connectivity index (χ0n) is 16.6. The molecule has 2 unspecified atom stereocenters. The van der Waals surface area contributed by atoms with E-state index in [1.165, 1.54) is 4.70 Å². The maximum absolute atomic E-state index is 13.0. The fourth-order valence-electron chi connectivity index (χ4n) is 3.95. The van der Waals surface area contributed by atoms with Crippen molar-refractivity contribution < 1.29 is 14.3 Å². The summed E-state index contributed by atoms with van der Waals surface area (Å²) in [5.74, 6) is 1.23. The van der Waals surface area contributed by atoms with E-state index in [9.17, 15) is 4.79 Å². The Morgan fingerprint density at radius 3 is 2.59 bits per heavy atom. The van der Waals surface area contributed by atoms with Crippen molar-refractivity contribution in [1.29, 1.82) is 0 Å². The lowest BCUT2D eigenvalue weighted by Crippen LogP contribution is -2.39. The number of nitrogens with one attached hydrogen (secondary N) is 2. The van der Waals surface area contributed by atoms with Crippen LogP contribution in [0.1, 0.15) is 29.6 Å². The first-order valence-corrected chi connectivity index (χ1v) is 10.6. The molecule has 3 aromatic rings. The minimum absolute atomic E-state index is 0.110. The van der Waals surface area contributed by atoms with Crippen molar-refractivity contribution in [3.63, 3.8) is 0 Å². The van der Waals surface area contributed by atoms with E-state index in [-0.39, 0.29) is 11.9 Å². The highest BCUT2D eigenvalue weighted by molar-refractivity contribution is 7.22. The number of anilines is 1. The SMILES string of the molecule is COc1cccc(OC)c1C(=O)NC1CCCC1CNc1nc2ccccc2s1. The number of carbonyl (C=O) groups is 1. The molecule has 0 bridgehead atoms. The fraction of sp³-hybridized carbons (Fsp3) is 0.364. The molecule has 4 rings (SSSR count). The van der Waals surface area contributed by atoms with Crippen LogP contribution in [0.3, 0.4) is 0 Å². The van der Waals surface area contributed by atoms with Crippen LogP contribution in [0.4, 0.5) is 5.13 Å². The average Bonchev–Trinajstić information content (AvgIpc) is 3.37. The molecule has 0 saturated heterocycles. The molecule has 1 fully saturated rings. The number of rotatable bonds is 7. The van der Waals surface area contributed by atoms with Crippen LogP contribution in [-0.4, -0.2) is 37.7 Å². The van der Waals surface area contributed by atoms with Gasteiger partial charge in [-0.15, -0.1) is 0 Å². The lowest BCUT2D eigenvalue weighted by molar-refractivity contribution is 0.0923. The van der Waals surface area contributed by atoms with E-state index in [0.717, 1.165) is 36.5 Å². The van der Waals surface area contributed by atoms with Crippen LogP contribution < -0.4 is 20.1 Å². The smallest absolute Gasteiger partial charge is 0.259 e. The molecule has 1 heterocycles. The maximum atomic E-state index is 13.0. The van der Waals surface area contributed by atoms with Crippen LogP contribution >= 0.6 is 11.3 Å². The molecule has 1 saturated carbocycles. The fourth-order valence-corrected chi connectivity index (χ4v) is 4.83. The number of fused-ring (bicyclic) bond motifs is 1. The zero-order valence-corrected chi connectivity index (χ0v) is 17.4. The number of amides is 1. The molecule has 0 spiro atoms. The second kappa shape index (κ2) is 8.69. The zero-order chi connectivity index (χ0) is 20.2. The second-order valence-corrected chi connectivity index (χ2v) is 8.21. The minimum Gasteiger partial charge on any atom is -0.496 e. The molecule has 2 N–H and O–H groups in total. The van der Waals surface area contributed by atoms with E-state index in [1.807, 2.05) is 24.3 Å². The number of hydrogen-bond donors (Lipinski definition) is 2. The molecular formula is C22H25N3O3S. The van der Waals surface area contributed by atoms with Crippen molar-refractivity contribution in [1.82, 2.24) is 10.3 Å². The molecule has 6 nitrogen and oxygen atoms in total. The third-order valence-electron chi connectivity index (χ3n) is 5.44.